The first-order valence-electron chi connectivity index (χ1n) is 12.5. The molecule has 44 heavy (non-hydrogen) atoms. The first-order valence-corrected chi connectivity index (χ1v) is 12.5. The molecule has 15 heteroatoms. The predicted octanol–water partition coefficient (Wildman–Crippen LogP) is 5.71. The van der Waals surface area contributed by atoms with Gasteiger partial charge in [-0.1, -0.05) is 11.8 Å². The number of nitro benzene ring substituents is 1. The van der Waals surface area contributed by atoms with Gasteiger partial charge in [0, 0.05) is 34.7 Å². The summed E-state index contributed by atoms with van der Waals surface area (Å²) in [7, 11) is 0. The number of benzene rings is 3. The monoisotopic (exact) mass is 623 g/mol. The third-order valence-electron chi connectivity index (χ3n) is 7.03. The first kappa shape index (κ1) is 32.0. The molecule has 0 heterocycles. The van der Waals surface area contributed by atoms with Crippen LogP contribution >= 0.6 is 0 Å². The molecular formula is C29H20F7N3O5. The Hall–Kier alpha value is -4.97. The minimum absolute atomic E-state index is 0.0333. The molecule has 4 rings (SSSR count). The van der Waals surface area contributed by atoms with Gasteiger partial charge in [0.2, 0.25) is 11.5 Å². The Balaban J connectivity index is 1.76. The predicted molar refractivity (Wildman–Crippen MR) is 140 cm³/mol. The van der Waals surface area contributed by atoms with Crippen LogP contribution in [-0.2, 0) is 22.6 Å². The number of halogens is 7. The first-order chi connectivity index (χ1) is 20.3. The molecule has 1 aliphatic carbocycles. The Morgan fingerprint density at radius 1 is 0.977 bits per heavy atom. The molecule has 4 N–H and O–H groups in total. The zero-order valence-electron chi connectivity index (χ0n) is 22.1. The summed E-state index contributed by atoms with van der Waals surface area (Å²) < 4.78 is 95.5. The van der Waals surface area contributed by atoms with E-state index >= 15 is 0 Å². The molecule has 1 fully saturated rings. The Bertz CT molecular complexity index is 1710. The molecule has 0 aromatic heterocycles. The standard InChI is InChI=1S/C29H20F7N3O5/c30-22-7-5-18(28(31,32)33)13-20(22)26(11-12-26)15-27(42,10-9-16-1-3-17(4-2-16)24(37)40)25(41)38-19-6-8-23(39(43)44)21(14-19)29(34,35)36/h1-8,13-14,42H,11-12,15H2,(H2,37,40)(H,38,41). The van der Waals surface area contributed by atoms with Gasteiger partial charge in [-0.2, -0.15) is 26.3 Å². The molecule has 1 saturated carbocycles. The summed E-state index contributed by atoms with van der Waals surface area (Å²) in [6.45, 7) is 0. The average Bonchev–Trinajstić information content (AvgIpc) is 3.71. The van der Waals surface area contributed by atoms with E-state index in [1.807, 2.05) is 5.32 Å². The molecule has 0 bridgehead atoms. The number of aliphatic hydroxyl groups is 1. The maximum absolute atomic E-state index is 14.8. The van der Waals surface area contributed by atoms with Gasteiger partial charge in [0.25, 0.3) is 11.6 Å². The number of primary amides is 1. The van der Waals surface area contributed by atoms with Crippen LogP contribution in [0.5, 0.6) is 0 Å². The molecule has 8 nitrogen and oxygen atoms in total. The van der Waals surface area contributed by atoms with Gasteiger partial charge in [0.05, 0.1) is 10.5 Å². The molecule has 0 aliphatic heterocycles. The summed E-state index contributed by atoms with van der Waals surface area (Å²) in [6.07, 6.45) is -10.7. The van der Waals surface area contributed by atoms with Gasteiger partial charge in [-0.25, -0.2) is 4.39 Å². The fourth-order valence-corrected chi connectivity index (χ4v) is 4.60. The van der Waals surface area contributed by atoms with Crippen LogP contribution in [0.3, 0.4) is 0 Å². The molecule has 0 spiro atoms. The van der Waals surface area contributed by atoms with Crippen molar-refractivity contribution in [3.05, 3.63) is 104 Å². The summed E-state index contributed by atoms with van der Waals surface area (Å²) in [5, 5.41) is 24.6. The lowest BCUT2D eigenvalue weighted by molar-refractivity contribution is -0.388. The lowest BCUT2D eigenvalue weighted by Gasteiger charge is -2.28. The van der Waals surface area contributed by atoms with E-state index in [0.29, 0.717) is 24.3 Å². The van der Waals surface area contributed by atoms with E-state index < -0.39 is 80.4 Å². The number of nitro groups is 1. The summed E-state index contributed by atoms with van der Waals surface area (Å²) in [5.41, 5.74) is -4.17. The topological polar surface area (TPSA) is 136 Å². The second kappa shape index (κ2) is 11.3. The molecule has 1 aliphatic rings. The van der Waals surface area contributed by atoms with Crippen LogP contribution in [0, 0.1) is 27.8 Å². The summed E-state index contributed by atoms with van der Waals surface area (Å²) in [6, 6.07) is 8.38. The summed E-state index contributed by atoms with van der Waals surface area (Å²) in [5.74, 6) is 1.52. The zero-order valence-corrected chi connectivity index (χ0v) is 22.1. The lowest BCUT2D eigenvalue weighted by Crippen LogP contribution is -2.44. The summed E-state index contributed by atoms with van der Waals surface area (Å²) >= 11 is 0. The smallest absolute Gasteiger partial charge is 0.369 e. The number of alkyl halides is 6. The molecular weight excluding hydrogens is 603 g/mol. The molecule has 230 valence electrons. The maximum Gasteiger partial charge on any atom is 0.423 e. The van der Waals surface area contributed by atoms with Crippen LogP contribution in [-0.4, -0.2) is 27.4 Å². The third kappa shape index (κ3) is 6.81. The maximum atomic E-state index is 14.8. The number of anilines is 1. The Morgan fingerprint density at radius 3 is 2.14 bits per heavy atom. The lowest BCUT2D eigenvalue weighted by atomic mass is 9.81. The molecule has 1 atom stereocenters. The van der Waals surface area contributed by atoms with Gasteiger partial charge < -0.3 is 16.2 Å². The van der Waals surface area contributed by atoms with Crippen molar-refractivity contribution in [2.45, 2.75) is 42.6 Å². The normalized spacial score (nSPS) is 15.4. The largest absolute Gasteiger partial charge is 0.423 e. The van der Waals surface area contributed by atoms with E-state index in [9.17, 15) is 55.5 Å². The van der Waals surface area contributed by atoms with Crippen molar-refractivity contribution in [3.63, 3.8) is 0 Å². The second-order valence-electron chi connectivity index (χ2n) is 10.1. The van der Waals surface area contributed by atoms with Crippen molar-refractivity contribution in [1.82, 2.24) is 0 Å². The van der Waals surface area contributed by atoms with Crippen molar-refractivity contribution in [3.8, 4) is 11.8 Å². The Labute approximate surface area is 243 Å². The number of carbonyl (C=O) groups is 2. The van der Waals surface area contributed by atoms with Gasteiger partial charge >= 0.3 is 12.4 Å². The fraction of sp³-hybridized carbons (Fsp3) is 0.241. The van der Waals surface area contributed by atoms with Crippen LogP contribution in [0.2, 0.25) is 0 Å². The van der Waals surface area contributed by atoms with E-state index in [2.05, 4.69) is 11.8 Å². The highest BCUT2D eigenvalue weighted by atomic mass is 19.4. The van der Waals surface area contributed by atoms with Crippen molar-refractivity contribution < 1.29 is 50.4 Å². The zero-order chi connectivity index (χ0) is 32.7. The number of nitrogens with zero attached hydrogens (tertiary/aromatic N) is 1. The van der Waals surface area contributed by atoms with E-state index in [4.69, 9.17) is 5.73 Å². The number of carbonyl (C=O) groups excluding carboxylic acids is 2. The Kier molecular flexibility index (Phi) is 8.18. The van der Waals surface area contributed by atoms with Crippen molar-refractivity contribution in [2.75, 3.05) is 5.32 Å². The minimum atomic E-state index is -5.20. The van der Waals surface area contributed by atoms with Crippen LogP contribution in [0.4, 0.5) is 42.1 Å². The second-order valence-corrected chi connectivity index (χ2v) is 10.1. The van der Waals surface area contributed by atoms with Crippen molar-refractivity contribution in [1.29, 1.82) is 0 Å². The van der Waals surface area contributed by atoms with Gasteiger partial charge in [-0.05, 0) is 73.0 Å². The fourth-order valence-electron chi connectivity index (χ4n) is 4.60. The number of amides is 2. The van der Waals surface area contributed by atoms with Crippen LogP contribution in [0.1, 0.15) is 51.9 Å². The average molecular weight is 623 g/mol. The van der Waals surface area contributed by atoms with Crippen LogP contribution < -0.4 is 11.1 Å². The molecule has 3 aromatic carbocycles. The van der Waals surface area contributed by atoms with E-state index in [0.717, 1.165) is 6.07 Å². The molecule has 2 amide bonds. The van der Waals surface area contributed by atoms with Crippen molar-refractivity contribution >= 4 is 23.2 Å². The quantitative estimate of drug-likeness (QED) is 0.134. The Morgan fingerprint density at radius 2 is 1.61 bits per heavy atom. The number of hydrogen-bond donors (Lipinski definition) is 3. The number of hydrogen-bond acceptors (Lipinski definition) is 5. The highest BCUT2D eigenvalue weighted by Crippen LogP contribution is 2.55. The third-order valence-corrected chi connectivity index (χ3v) is 7.03. The SMILES string of the molecule is NC(=O)c1ccc(C#CC(O)(CC2(c3cc(C(F)(F)F)ccc3F)CC2)C(=O)Nc2ccc([N+](=O)[O-])c(C(F)(F)F)c2)cc1. The molecule has 0 radical (unpaired) electrons. The van der Waals surface area contributed by atoms with Gasteiger partial charge in [0.15, 0.2) is 0 Å². The van der Waals surface area contributed by atoms with E-state index in [1.54, 1.807) is 0 Å². The van der Waals surface area contributed by atoms with Gasteiger partial charge in [-0.3, -0.25) is 19.7 Å². The highest BCUT2D eigenvalue weighted by Gasteiger charge is 2.54. The van der Waals surface area contributed by atoms with E-state index in [-0.39, 0.29) is 30.0 Å². The van der Waals surface area contributed by atoms with Gasteiger partial charge in [0.1, 0.15) is 11.4 Å². The molecule has 0 saturated heterocycles. The summed E-state index contributed by atoms with van der Waals surface area (Å²) in [4.78, 5) is 34.6. The number of nitrogens with two attached hydrogens (primary N) is 1. The molecule has 1 unspecified atom stereocenters. The van der Waals surface area contributed by atoms with E-state index in [1.165, 1.54) is 24.3 Å². The van der Waals surface area contributed by atoms with Crippen molar-refractivity contribution in [2.24, 2.45) is 5.73 Å². The number of rotatable bonds is 7. The molecule has 3 aromatic rings. The minimum Gasteiger partial charge on any atom is -0.369 e. The highest BCUT2D eigenvalue weighted by molar-refractivity contribution is 6.00. The number of nitrogens with one attached hydrogen (secondary N) is 1. The van der Waals surface area contributed by atoms with Gasteiger partial charge in [-0.15, -0.1) is 0 Å². The van der Waals surface area contributed by atoms with Crippen LogP contribution in [0.15, 0.2) is 60.7 Å². The van der Waals surface area contributed by atoms with Crippen LogP contribution in [0.25, 0.3) is 0 Å².